The van der Waals surface area contributed by atoms with E-state index in [2.05, 4.69) is 10.3 Å². The predicted octanol–water partition coefficient (Wildman–Crippen LogP) is 3.19. The van der Waals surface area contributed by atoms with E-state index in [4.69, 9.17) is 4.42 Å². The van der Waals surface area contributed by atoms with Crippen LogP contribution in [-0.2, 0) is 9.84 Å². The summed E-state index contributed by atoms with van der Waals surface area (Å²) in [5.74, 6) is 0.519. The van der Waals surface area contributed by atoms with Gasteiger partial charge in [0.2, 0.25) is 0 Å². The van der Waals surface area contributed by atoms with Crippen LogP contribution in [-0.4, -0.2) is 24.6 Å². The van der Waals surface area contributed by atoms with Crippen LogP contribution in [0.2, 0.25) is 0 Å². The normalized spacial score (nSPS) is 11.6. The van der Waals surface area contributed by atoms with E-state index in [1.165, 1.54) is 12.1 Å². The molecule has 1 aromatic heterocycles. The van der Waals surface area contributed by atoms with E-state index in [-0.39, 0.29) is 16.3 Å². The summed E-state index contributed by atoms with van der Waals surface area (Å²) in [5.41, 5.74) is 1.67. The van der Waals surface area contributed by atoms with Crippen molar-refractivity contribution >= 4 is 38.0 Å². The van der Waals surface area contributed by atoms with Crippen LogP contribution in [0.5, 0.6) is 0 Å². The number of rotatable bonds is 4. The number of benzene rings is 2. The van der Waals surface area contributed by atoms with Gasteiger partial charge in [0.25, 0.3) is 5.69 Å². The van der Waals surface area contributed by atoms with Crippen molar-refractivity contribution in [3.63, 3.8) is 0 Å². The van der Waals surface area contributed by atoms with E-state index in [9.17, 15) is 18.5 Å². The topological polar surface area (TPSA) is 115 Å². The molecule has 0 aliphatic carbocycles. The van der Waals surface area contributed by atoms with Gasteiger partial charge in [-0.1, -0.05) is 0 Å². The Bertz CT molecular complexity index is 1060. The van der Waals surface area contributed by atoms with Crippen molar-refractivity contribution < 1.29 is 17.8 Å². The Hall–Kier alpha value is -2.94. The van der Waals surface area contributed by atoms with Crippen molar-refractivity contribution in [3.8, 4) is 0 Å². The zero-order valence-electron chi connectivity index (χ0n) is 12.8. The SMILES string of the molecule is Cc1nc2cc(Nc3ccc(S(C)(=O)=O)cc3[N+](=O)[O-])ccc2o1. The van der Waals surface area contributed by atoms with Gasteiger partial charge < -0.3 is 9.73 Å². The molecule has 0 aliphatic rings. The molecule has 1 heterocycles. The van der Waals surface area contributed by atoms with Gasteiger partial charge in [0.15, 0.2) is 21.3 Å². The molecular formula is C15H13N3O5S. The van der Waals surface area contributed by atoms with Crippen LogP contribution in [0.3, 0.4) is 0 Å². The van der Waals surface area contributed by atoms with Gasteiger partial charge in [0.1, 0.15) is 11.2 Å². The number of nitro groups is 1. The van der Waals surface area contributed by atoms with Crippen molar-refractivity contribution in [2.45, 2.75) is 11.8 Å². The monoisotopic (exact) mass is 347 g/mol. The lowest BCUT2D eigenvalue weighted by atomic mass is 10.2. The lowest BCUT2D eigenvalue weighted by Gasteiger charge is -2.08. The smallest absolute Gasteiger partial charge is 0.293 e. The van der Waals surface area contributed by atoms with E-state index in [1.807, 2.05) is 0 Å². The molecule has 1 N–H and O–H groups in total. The number of fused-ring (bicyclic) bond motifs is 1. The van der Waals surface area contributed by atoms with Crippen LogP contribution in [0, 0.1) is 17.0 Å². The molecule has 124 valence electrons. The summed E-state index contributed by atoms with van der Waals surface area (Å²) >= 11 is 0. The second kappa shape index (κ2) is 5.60. The lowest BCUT2D eigenvalue weighted by molar-refractivity contribution is -0.384. The minimum atomic E-state index is -3.53. The molecule has 0 atom stereocenters. The zero-order chi connectivity index (χ0) is 17.5. The Kier molecular flexibility index (Phi) is 3.72. The Labute approximate surface area is 137 Å². The largest absolute Gasteiger partial charge is 0.441 e. The lowest BCUT2D eigenvalue weighted by Crippen LogP contribution is -2.02. The molecular weight excluding hydrogens is 334 g/mol. The zero-order valence-corrected chi connectivity index (χ0v) is 13.6. The summed E-state index contributed by atoms with van der Waals surface area (Å²) in [6.45, 7) is 1.72. The number of nitrogens with one attached hydrogen (secondary N) is 1. The fourth-order valence-corrected chi connectivity index (χ4v) is 2.92. The molecule has 9 heteroatoms. The van der Waals surface area contributed by atoms with Crippen LogP contribution in [0.1, 0.15) is 5.89 Å². The van der Waals surface area contributed by atoms with E-state index >= 15 is 0 Å². The first kappa shape index (κ1) is 15.9. The Morgan fingerprint density at radius 3 is 2.62 bits per heavy atom. The number of aromatic nitrogens is 1. The maximum absolute atomic E-state index is 11.6. The summed E-state index contributed by atoms with van der Waals surface area (Å²) in [6.07, 6.45) is 1.000. The van der Waals surface area contributed by atoms with Crippen molar-refractivity contribution in [1.29, 1.82) is 0 Å². The molecule has 0 amide bonds. The van der Waals surface area contributed by atoms with E-state index in [1.54, 1.807) is 25.1 Å². The number of oxazole rings is 1. The molecule has 0 saturated heterocycles. The quantitative estimate of drug-likeness (QED) is 0.569. The molecule has 3 rings (SSSR count). The highest BCUT2D eigenvalue weighted by atomic mass is 32.2. The van der Waals surface area contributed by atoms with Crippen LogP contribution in [0.4, 0.5) is 17.1 Å². The summed E-state index contributed by atoms with van der Waals surface area (Å²) in [7, 11) is -3.53. The highest BCUT2D eigenvalue weighted by molar-refractivity contribution is 7.90. The summed E-state index contributed by atoms with van der Waals surface area (Å²) in [5, 5.41) is 14.2. The predicted molar refractivity (Wildman–Crippen MR) is 88.2 cm³/mol. The average Bonchev–Trinajstić information content (AvgIpc) is 2.85. The number of hydrogen-bond acceptors (Lipinski definition) is 7. The van der Waals surface area contributed by atoms with Gasteiger partial charge in [-0.15, -0.1) is 0 Å². The number of hydrogen-bond donors (Lipinski definition) is 1. The number of nitro benzene ring substituents is 1. The molecule has 0 radical (unpaired) electrons. The van der Waals surface area contributed by atoms with Crippen LogP contribution in [0.25, 0.3) is 11.1 Å². The van der Waals surface area contributed by atoms with E-state index < -0.39 is 14.8 Å². The van der Waals surface area contributed by atoms with Crippen molar-refractivity contribution in [2.75, 3.05) is 11.6 Å². The first-order valence-corrected chi connectivity index (χ1v) is 8.76. The molecule has 2 aromatic carbocycles. The molecule has 0 saturated carbocycles. The van der Waals surface area contributed by atoms with Crippen molar-refractivity contribution in [1.82, 2.24) is 4.98 Å². The third-order valence-electron chi connectivity index (χ3n) is 3.37. The molecule has 24 heavy (non-hydrogen) atoms. The molecule has 0 bridgehead atoms. The maximum atomic E-state index is 11.6. The first-order valence-electron chi connectivity index (χ1n) is 6.87. The van der Waals surface area contributed by atoms with Crippen LogP contribution < -0.4 is 5.32 Å². The Morgan fingerprint density at radius 1 is 1.21 bits per heavy atom. The molecule has 3 aromatic rings. The van der Waals surface area contributed by atoms with Gasteiger partial charge in [-0.05, 0) is 30.3 Å². The fraction of sp³-hybridized carbons (Fsp3) is 0.133. The van der Waals surface area contributed by atoms with Gasteiger partial charge in [0.05, 0.1) is 9.82 Å². The first-order chi connectivity index (χ1) is 11.2. The highest BCUT2D eigenvalue weighted by Gasteiger charge is 2.19. The second-order valence-corrected chi connectivity index (χ2v) is 7.26. The standard InChI is InChI=1S/C15H13N3O5S/c1-9-16-13-7-10(3-6-15(13)23-9)17-12-5-4-11(24(2,21)22)8-14(12)18(19)20/h3-8,17H,1-2H3. The molecule has 8 nitrogen and oxygen atoms in total. The maximum Gasteiger partial charge on any atom is 0.293 e. The van der Waals surface area contributed by atoms with E-state index in [0.29, 0.717) is 22.7 Å². The van der Waals surface area contributed by atoms with E-state index in [0.717, 1.165) is 12.3 Å². The summed E-state index contributed by atoms with van der Waals surface area (Å²) in [4.78, 5) is 14.7. The van der Waals surface area contributed by atoms with Gasteiger partial charge in [-0.2, -0.15) is 0 Å². The van der Waals surface area contributed by atoms with Crippen molar-refractivity contribution in [2.24, 2.45) is 0 Å². The van der Waals surface area contributed by atoms with Crippen LogP contribution >= 0.6 is 0 Å². The third kappa shape index (κ3) is 3.06. The van der Waals surface area contributed by atoms with Crippen LogP contribution in [0.15, 0.2) is 45.7 Å². The number of anilines is 2. The van der Waals surface area contributed by atoms with Gasteiger partial charge in [-0.3, -0.25) is 10.1 Å². The van der Waals surface area contributed by atoms with Gasteiger partial charge in [-0.25, -0.2) is 13.4 Å². The molecule has 0 unspecified atom stereocenters. The minimum absolute atomic E-state index is 0.109. The molecule has 0 aliphatic heterocycles. The summed E-state index contributed by atoms with van der Waals surface area (Å²) < 4.78 is 28.5. The minimum Gasteiger partial charge on any atom is -0.441 e. The molecule has 0 fully saturated rings. The Balaban J connectivity index is 2.02. The molecule has 0 spiro atoms. The van der Waals surface area contributed by atoms with Gasteiger partial charge >= 0.3 is 0 Å². The second-order valence-electron chi connectivity index (χ2n) is 5.25. The fourth-order valence-electron chi connectivity index (χ4n) is 2.27. The van der Waals surface area contributed by atoms with Gasteiger partial charge in [0, 0.05) is 24.9 Å². The van der Waals surface area contributed by atoms with Crippen molar-refractivity contribution in [3.05, 3.63) is 52.4 Å². The average molecular weight is 347 g/mol. The number of aryl methyl sites for hydroxylation is 1. The number of sulfone groups is 1. The Morgan fingerprint density at radius 2 is 1.96 bits per heavy atom. The highest BCUT2D eigenvalue weighted by Crippen LogP contribution is 2.31. The third-order valence-corrected chi connectivity index (χ3v) is 4.48. The summed E-state index contributed by atoms with van der Waals surface area (Å²) in [6, 6.07) is 8.82. The number of nitrogens with zero attached hydrogens (tertiary/aromatic N) is 2.